The molecule has 0 bridgehead atoms. The topological polar surface area (TPSA) is 41.9 Å². The SMILES string of the molecule is CC(C)(C)OC(=O)N1C=N[C@H]2C=CC[C@H]21. The third kappa shape index (κ3) is 2.03. The number of rotatable bonds is 0. The van der Waals surface area contributed by atoms with Crippen LogP contribution in [0, 0.1) is 0 Å². The van der Waals surface area contributed by atoms with Gasteiger partial charge in [-0.05, 0) is 27.2 Å². The minimum Gasteiger partial charge on any atom is -0.443 e. The van der Waals surface area contributed by atoms with Gasteiger partial charge in [0.1, 0.15) is 5.60 Å². The number of carbonyl (C=O) groups excluding carboxylic acids is 1. The number of hydrogen-bond acceptors (Lipinski definition) is 3. The van der Waals surface area contributed by atoms with Crippen LogP contribution >= 0.6 is 0 Å². The van der Waals surface area contributed by atoms with E-state index in [0.717, 1.165) is 6.42 Å². The van der Waals surface area contributed by atoms with Crippen molar-refractivity contribution in [1.82, 2.24) is 4.90 Å². The highest BCUT2D eigenvalue weighted by Crippen LogP contribution is 2.25. The molecular weight excluding hydrogens is 192 g/mol. The molecule has 0 radical (unpaired) electrons. The Labute approximate surface area is 89.6 Å². The van der Waals surface area contributed by atoms with Crippen LogP contribution in [0.25, 0.3) is 0 Å². The number of aliphatic imine (C=N–C) groups is 1. The summed E-state index contributed by atoms with van der Waals surface area (Å²) < 4.78 is 5.30. The van der Waals surface area contributed by atoms with E-state index in [-0.39, 0.29) is 18.2 Å². The zero-order valence-corrected chi connectivity index (χ0v) is 9.30. The molecule has 0 aromatic heterocycles. The normalized spacial score (nSPS) is 28.3. The van der Waals surface area contributed by atoms with Gasteiger partial charge >= 0.3 is 6.09 Å². The molecule has 1 amide bonds. The third-order valence-corrected chi connectivity index (χ3v) is 2.43. The van der Waals surface area contributed by atoms with E-state index in [1.54, 1.807) is 11.2 Å². The van der Waals surface area contributed by atoms with E-state index in [2.05, 4.69) is 11.1 Å². The Morgan fingerprint density at radius 3 is 2.93 bits per heavy atom. The molecule has 4 nitrogen and oxygen atoms in total. The van der Waals surface area contributed by atoms with Crippen molar-refractivity contribution in [3.63, 3.8) is 0 Å². The summed E-state index contributed by atoms with van der Waals surface area (Å²) in [5, 5.41) is 0. The number of fused-ring (bicyclic) bond motifs is 1. The van der Waals surface area contributed by atoms with Gasteiger partial charge in [-0.1, -0.05) is 12.2 Å². The molecule has 2 aliphatic rings. The molecule has 0 aromatic carbocycles. The molecule has 0 aromatic rings. The Balaban J connectivity index is 2.01. The van der Waals surface area contributed by atoms with Crippen LogP contribution in [0.3, 0.4) is 0 Å². The molecule has 1 aliphatic carbocycles. The molecule has 0 unspecified atom stereocenters. The van der Waals surface area contributed by atoms with Gasteiger partial charge in [0.25, 0.3) is 0 Å². The summed E-state index contributed by atoms with van der Waals surface area (Å²) in [5.74, 6) is 0. The van der Waals surface area contributed by atoms with E-state index in [4.69, 9.17) is 4.74 Å². The second-order valence-electron chi connectivity index (χ2n) is 4.87. The summed E-state index contributed by atoms with van der Waals surface area (Å²) in [6.45, 7) is 5.59. The van der Waals surface area contributed by atoms with Crippen LogP contribution in [-0.4, -0.2) is 35.0 Å². The largest absolute Gasteiger partial charge is 0.443 e. The van der Waals surface area contributed by atoms with Crippen LogP contribution in [0.2, 0.25) is 0 Å². The lowest BCUT2D eigenvalue weighted by Crippen LogP contribution is -2.41. The summed E-state index contributed by atoms with van der Waals surface area (Å²) in [6, 6.07) is 0.275. The van der Waals surface area contributed by atoms with Crippen LogP contribution in [0.4, 0.5) is 4.79 Å². The highest BCUT2D eigenvalue weighted by atomic mass is 16.6. The number of hydrogen-bond donors (Lipinski definition) is 0. The molecule has 0 N–H and O–H groups in total. The summed E-state index contributed by atoms with van der Waals surface area (Å²) in [6.07, 6.45) is 6.24. The zero-order chi connectivity index (χ0) is 11.1. The van der Waals surface area contributed by atoms with Crippen molar-refractivity contribution in [2.24, 2.45) is 4.99 Å². The van der Waals surface area contributed by atoms with Crippen LogP contribution in [-0.2, 0) is 4.74 Å². The van der Waals surface area contributed by atoms with Gasteiger partial charge in [-0.15, -0.1) is 0 Å². The van der Waals surface area contributed by atoms with Crippen molar-refractivity contribution in [3.05, 3.63) is 12.2 Å². The maximum absolute atomic E-state index is 11.8. The lowest BCUT2D eigenvalue weighted by Gasteiger charge is -2.26. The van der Waals surface area contributed by atoms with Gasteiger partial charge in [-0.25, -0.2) is 4.79 Å². The van der Waals surface area contributed by atoms with E-state index in [0.29, 0.717) is 0 Å². The Morgan fingerprint density at radius 1 is 1.53 bits per heavy atom. The van der Waals surface area contributed by atoms with Crippen molar-refractivity contribution >= 4 is 12.4 Å². The van der Waals surface area contributed by atoms with E-state index in [1.165, 1.54) is 0 Å². The minimum atomic E-state index is -0.449. The number of carbonyl (C=O) groups is 1. The van der Waals surface area contributed by atoms with Crippen molar-refractivity contribution in [2.75, 3.05) is 0 Å². The lowest BCUT2D eigenvalue weighted by atomic mass is 10.2. The highest BCUT2D eigenvalue weighted by Gasteiger charge is 2.36. The van der Waals surface area contributed by atoms with Gasteiger partial charge in [0.2, 0.25) is 0 Å². The fourth-order valence-electron chi connectivity index (χ4n) is 1.78. The zero-order valence-electron chi connectivity index (χ0n) is 9.30. The van der Waals surface area contributed by atoms with E-state index in [1.807, 2.05) is 26.8 Å². The van der Waals surface area contributed by atoms with Crippen molar-refractivity contribution in [3.8, 4) is 0 Å². The van der Waals surface area contributed by atoms with Gasteiger partial charge in [-0.3, -0.25) is 9.89 Å². The van der Waals surface area contributed by atoms with Crippen molar-refractivity contribution in [1.29, 1.82) is 0 Å². The fraction of sp³-hybridized carbons (Fsp3) is 0.636. The van der Waals surface area contributed by atoms with Gasteiger partial charge in [0, 0.05) is 0 Å². The minimum absolute atomic E-state index is 0.137. The van der Waals surface area contributed by atoms with Gasteiger partial charge < -0.3 is 4.74 Å². The van der Waals surface area contributed by atoms with Crippen LogP contribution in [0.1, 0.15) is 27.2 Å². The third-order valence-electron chi connectivity index (χ3n) is 2.43. The molecule has 4 heteroatoms. The predicted molar refractivity (Wildman–Crippen MR) is 57.9 cm³/mol. The average Bonchev–Trinajstić information content (AvgIpc) is 2.57. The first-order valence-corrected chi connectivity index (χ1v) is 5.19. The van der Waals surface area contributed by atoms with E-state index in [9.17, 15) is 4.79 Å². The molecular formula is C11H16N2O2. The monoisotopic (exact) mass is 208 g/mol. The van der Waals surface area contributed by atoms with Gasteiger partial charge in [0.05, 0.1) is 18.4 Å². The molecule has 0 fully saturated rings. The summed E-state index contributed by atoms with van der Waals surface area (Å²) >= 11 is 0. The Hall–Kier alpha value is -1.32. The maximum Gasteiger partial charge on any atom is 0.415 e. The van der Waals surface area contributed by atoms with Crippen molar-refractivity contribution in [2.45, 2.75) is 44.9 Å². The number of amides is 1. The first-order valence-electron chi connectivity index (χ1n) is 5.19. The molecule has 1 aliphatic heterocycles. The summed E-state index contributed by atoms with van der Waals surface area (Å²) in [4.78, 5) is 17.6. The standard InChI is InChI=1S/C11H16N2O2/c1-11(2,3)15-10(14)13-7-12-8-5-4-6-9(8)13/h4-5,7-9H,6H2,1-3H3/t8-,9+/m0/s1. The van der Waals surface area contributed by atoms with E-state index >= 15 is 0 Å². The smallest absolute Gasteiger partial charge is 0.415 e. The number of nitrogens with zero attached hydrogens (tertiary/aromatic N) is 2. The average molecular weight is 208 g/mol. The summed E-state index contributed by atoms with van der Waals surface area (Å²) in [7, 11) is 0. The first kappa shape index (κ1) is 10.2. The molecule has 0 saturated carbocycles. The highest BCUT2D eigenvalue weighted by molar-refractivity contribution is 5.85. The Morgan fingerprint density at radius 2 is 2.27 bits per heavy atom. The van der Waals surface area contributed by atoms with Gasteiger partial charge in [0.15, 0.2) is 0 Å². The Bertz CT molecular complexity index is 328. The maximum atomic E-state index is 11.8. The summed E-state index contributed by atoms with van der Waals surface area (Å²) in [5.41, 5.74) is -0.449. The second kappa shape index (κ2) is 3.36. The van der Waals surface area contributed by atoms with E-state index < -0.39 is 5.60 Å². The second-order valence-corrected chi connectivity index (χ2v) is 4.87. The molecule has 2 atom stereocenters. The quantitative estimate of drug-likeness (QED) is 0.571. The fourth-order valence-corrected chi connectivity index (χ4v) is 1.78. The molecule has 82 valence electrons. The van der Waals surface area contributed by atoms with Crippen molar-refractivity contribution < 1.29 is 9.53 Å². The number of ether oxygens (including phenoxy) is 1. The molecule has 0 saturated heterocycles. The van der Waals surface area contributed by atoms with Crippen LogP contribution in [0.15, 0.2) is 17.1 Å². The molecule has 2 rings (SSSR count). The Kier molecular flexibility index (Phi) is 2.29. The van der Waals surface area contributed by atoms with Gasteiger partial charge in [-0.2, -0.15) is 0 Å². The first-order chi connectivity index (χ1) is 6.97. The van der Waals surface area contributed by atoms with Crippen LogP contribution in [0.5, 0.6) is 0 Å². The molecule has 15 heavy (non-hydrogen) atoms. The lowest BCUT2D eigenvalue weighted by molar-refractivity contribution is 0.0337. The van der Waals surface area contributed by atoms with Crippen LogP contribution < -0.4 is 0 Å². The predicted octanol–water partition coefficient (Wildman–Crippen LogP) is 1.96. The molecule has 1 heterocycles. The molecule has 0 spiro atoms.